The quantitative estimate of drug-likeness (QED) is 0.340. The monoisotopic (exact) mass is 541 g/mol. The van der Waals surface area contributed by atoms with Gasteiger partial charge in [-0.2, -0.15) is 13.2 Å². The highest BCUT2D eigenvalue weighted by atomic mass is 127. The summed E-state index contributed by atoms with van der Waals surface area (Å²) < 4.78 is 38.7. The lowest BCUT2D eigenvalue weighted by atomic mass is 10.1. The summed E-state index contributed by atoms with van der Waals surface area (Å²) in [6.45, 7) is 7.06. The number of anilines is 1. The van der Waals surface area contributed by atoms with Gasteiger partial charge in [-0.25, -0.2) is 0 Å². The molecule has 6 nitrogen and oxygen atoms in total. The molecule has 2 rings (SSSR count). The van der Waals surface area contributed by atoms with Crippen LogP contribution in [0.1, 0.15) is 26.3 Å². The fraction of sp³-hybridized carbons (Fsp3) is 0.600. The average molecular weight is 541 g/mol. The van der Waals surface area contributed by atoms with Gasteiger partial charge in [-0.15, -0.1) is 24.0 Å². The van der Waals surface area contributed by atoms with Crippen molar-refractivity contribution in [3.05, 3.63) is 29.8 Å². The summed E-state index contributed by atoms with van der Waals surface area (Å²) in [5.41, 5.74) is 1.75. The van der Waals surface area contributed by atoms with Crippen LogP contribution in [0.3, 0.4) is 0 Å². The summed E-state index contributed by atoms with van der Waals surface area (Å²) in [6.07, 6.45) is -4.21. The smallest absolute Gasteiger partial charge is 0.352 e. The summed E-state index contributed by atoms with van der Waals surface area (Å²) >= 11 is 0. The lowest BCUT2D eigenvalue weighted by Gasteiger charge is -2.39. The van der Waals surface area contributed by atoms with E-state index in [2.05, 4.69) is 15.6 Å². The molecule has 170 valence electrons. The number of nitrogens with one attached hydrogen (secondary N) is 2. The van der Waals surface area contributed by atoms with Gasteiger partial charge in [0.2, 0.25) is 5.91 Å². The first-order valence-electron chi connectivity index (χ1n) is 9.78. The van der Waals surface area contributed by atoms with E-state index >= 15 is 0 Å². The van der Waals surface area contributed by atoms with Crippen LogP contribution in [0.15, 0.2) is 29.3 Å². The Balaban J connectivity index is 0.00000450. The van der Waals surface area contributed by atoms with E-state index in [0.717, 1.165) is 11.3 Å². The zero-order chi connectivity index (χ0) is 21.6. The zero-order valence-corrected chi connectivity index (χ0v) is 20.1. The Labute approximate surface area is 193 Å². The number of hydrogen-bond donors (Lipinski definition) is 2. The van der Waals surface area contributed by atoms with Gasteiger partial charge in [-0.05, 0) is 24.6 Å². The van der Waals surface area contributed by atoms with Crippen LogP contribution in [0.4, 0.5) is 18.9 Å². The topological polar surface area (TPSA) is 60.0 Å². The number of alkyl halides is 3. The fourth-order valence-corrected chi connectivity index (χ4v) is 3.03. The van der Waals surface area contributed by atoms with E-state index < -0.39 is 12.2 Å². The molecule has 1 amide bonds. The third-order valence-electron chi connectivity index (χ3n) is 5.04. The molecular weight excluding hydrogens is 510 g/mol. The lowest BCUT2D eigenvalue weighted by molar-refractivity contribution is -0.181. The predicted octanol–water partition coefficient (Wildman–Crippen LogP) is 3.54. The standard InChI is InChI=1S/C20H30F3N5O.HI/c1-14(2)18(29)26-17-7-5-16(6-8-17)13-25-19(24-4)28-11-9-27(10-12-28)15(3)20(21,22)23;/h5-8,14-15H,9-13H2,1-4H3,(H,24,25)(H,26,29);1H. The highest BCUT2D eigenvalue weighted by Gasteiger charge is 2.41. The van der Waals surface area contributed by atoms with Crippen molar-refractivity contribution in [2.24, 2.45) is 10.9 Å². The summed E-state index contributed by atoms with van der Waals surface area (Å²) in [5.74, 6) is 0.552. The Bertz CT molecular complexity index is 701. The minimum atomic E-state index is -4.21. The first kappa shape index (κ1) is 26.5. The molecule has 1 unspecified atom stereocenters. The first-order chi connectivity index (χ1) is 13.6. The predicted molar refractivity (Wildman–Crippen MR) is 124 cm³/mol. The number of amides is 1. The number of carbonyl (C=O) groups excluding carboxylic acids is 1. The van der Waals surface area contributed by atoms with Gasteiger partial charge in [-0.1, -0.05) is 26.0 Å². The molecule has 1 aromatic carbocycles. The van der Waals surface area contributed by atoms with Gasteiger partial charge < -0.3 is 15.5 Å². The number of aliphatic imine (C=N–C) groups is 1. The van der Waals surface area contributed by atoms with Crippen molar-refractivity contribution in [3.63, 3.8) is 0 Å². The van der Waals surface area contributed by atoms with Crippen LogP contribution in [0.25, 0.3) is 0 Å². The Morgan fingerprint density at radius 2 is 1.67 bits per heavy atom. The average Bonchev–Trinajstić information content (AvgIpc) is 2.68. The van der Waals surface area contributed by atoms with Crippen molar-refractivity contribution >= 4 is 41.5 Å². The molecule has 1 aliphatic heterocycles. The molecule has 2 N–H and O–H groups in total. The molecular formula is C20H31F3IN5O. The molecule has 0 radical (unpaired) electrons. The van der Waals surface area contributed by atoms with Gasteiger partial charge in [-0.3, -0.25) is 14.7 Å². The van der Waals surface area contributed by atoms with Gasteiger partial charge in [0.15, 0.2) is 5.96 Å². The van der Waals surface area contributed by atoms with Crippen LogP contribution < -0.4 is 10.6 Å². The van der Waals surface area contributed by atoms with Crippen LogP contribution in [0.2, 0.25) is 0 Å². The molecule has 1 aliphatic rings. The fourth-order valence-electron chi connectivity index (χ4n) is 3.03. The third-order valence-corrected chi connectivity index (χ3v) is 5.04. The van der Waals surface area contributed by atoms with E-state index in [1.165, 1.54) is 11.8 Å². The minimum absolute atomic E-state index is 0. The van der Waals surface area contributed by atoms with Crippen LogP contribution in [0.5, 0.6) is 0 Å². The number of rotatable bonds is 5. The van der Waals surface area contributed by atoms with Crippen molar-refractivity contribution in [1.29, 1.82) is 0 Å². The molecule has 30 heavy (non-hydrogen) atoms. The van der Waals surface area contributed by atoms with Crippen LogP contribution in [0, 0.1) is 5.92 Å². The van der Waals surface area contributed by atoms with Gasteiger partial charge in [0, 0.05) is 51.4 Å². The Morgan fingerprint density at radius 3 is 2.13 bits per heavy atom. The van der Waals surface area contributed by atoms with Gasteiger partial charge in [0.1, 0.15) is 6.04 Å². The number of hydrogen-bond acceptors (Lipinski definition) is 3. The maximum atomic E-state index is 12.9. The Hall–Kier alpha value is -1.56. The third kappa shape index (κ3) is 7.60. The molecule has 0 aliphatic carbocycles. The van der Waals surface area contributed by atoms with Crippen molar-refractivity contribution < 1.29 is 18.0 Å². The SMILES string of the molecule is CN=C(NCc1ccc(NC(=O)C(C)C)cc1)N1CCN(C(C)C(F)(F)F)CC1.I. The van der Waals surface area contributed by atoms with Gasteiger partial charge >= 0.3 is 6.18 Å². The lowest BCUT2D eigenvalue weighted by Crippen LogP contribution is -2.56. The molecule has 1 saturated heterocycles. The number of nitrogens with zero attached hydrogens (tertiary/aromatic N) is 3. The summed E-state index contributed by atoms with van der Waals surface area (Å²) in [4.78, 5) is 19.4. The molecule has 1 atom stereocenters. The second-order valence-corrected chi connectivity index (χ2v) is 7.48. The normalized spacial score (nSPS) is 16.8. The molecule has 0 saturated carbocycles. The molecule has 0 aromatic heterocycles. The van der Waals surface area contributed by atoms with E-state index in [4.69, 9.17) is 0 Å². The minimum Gasteiger partial charge on any atom is -0.352 e. The van der Waals surface area contributed by atoms with E-state index in [1.807, 2.05) is 43.0 Å². The molecule has 10 heteroatoms. The Kier molecular flexibility index (Phi) is 10.4. The van der Waals surface area contributed by atoms with Crippen molar-refractivity contribution in [3.8, 4) is 0 Å². The van der Waals surface area contributed by atoms with Crippen molar-refractivity contribution in [2.45, 2.75) is 39.5 Å². The van der Waals surface area contributed by atoms with Crippen molar-refractivity contribution in [1.82, 2.24) is 15.1 Å². The van der Waals surface area contributed by atoms with E-state index in [1.54, 1.807) is 7.05 Å². The first-order valence-corrected chi connectivity index (χ1v) is 9.78. The van der Waals surface area contributed by atoms with Crippen LogP contribution in [-0.2, 0) is 11.3 Å². The highest BCUT2D eigenvalue weighted by molar-refractivity contribution is 14.0. The molecule has 0 bridgehead atoms. The zero-order valence-electron chi connectivity index (χ0n) is 17.8. The maximum Gasteiger partial charge on any atom is 0.403 e. The highest BCUT2D eigenvalue weighted by Crippen LogP contribution is 2.25. The Morgan fingerprint density at radius 1 is 1.10 bits per heavy atom. The molecule has 1 fully saturated rings. The van der Waals surface area contributed by atoms with Crippen LogP contribution >= 0.6 is 24.0 Å². The number of benzene rings is 1. The summed E-state index contributed by atoms with van der Waals surface area (Å²) in [5, 5.41) is 6.10. The van der Waals surface area contributed by atoms with Gasteiger partial charge in [0.05, 0.1) is 0 Å². The van der Waals surface area contributed by atoms with E-state index in [0.29, 0.717) is 38.7 Å². The number of guanidine groups is 1. The van der Waals surface area contributed by atoms with Crippen LogP contribution in [-0.4, -0.2) is 67.1 Å². The van der Waals surface area contributed by atoms with E-state index in [9.17, 15) is 18.0 Å². The number of carbonyl (C=O) groups is 1. The second-order valence-electron chi connectivity index (χ2n) is 7.48. The molecule has 1 heterocycles. The number of halogens is 4. The van der Waals surface area contributed by atoms with Crippen molar-refractivity contribution in [2.75, 3.05) is 38.5 Å². The maximum absolute atomic E-state index is 12.9. The summed E-state index contributed by atoms with van der Waals surface area (Å²) in [6, 6.07) is 6.09. The largest absolute Gasteiger partial charge is 0.403 e. The number of piperazine rings is 1. The molecule has 0 spiro atoms. The second kappa shape index (κ2) is 11.7. The summed E-state index contributed by atoms with van der Waals surface area (Å²) in [7, 11) is 1.66. The molecule has 1 aromatic rings. The van der Waals surface area contributed by atoms with E-state index in [-0.39, 0.29) is 35.8 Å². The van der Waals surface area contributed by atoms with Gasteiger partial charge in [0.25, 0.3) is 0 Å².